The maximum absolute atomic E-state index is 12.2. The van der Waals surface area contributed by atoms with E-state index in [4.69, 9.17) is 18.0 Å². The van der Waals surface area contributed by atoms with Gasteiger partial charge >= 0.3 is 0 Å². The van der Waals surface area contributed by atoms with Gasteiger partial charge in [-0.05, 0) is 55.8 Å². The maximum Gasteiger partial charge on any atom is 0.251 e. The number of amides is 2. The van der Waals surface area contributed by atoms with E-state index in [-0.39, 0.29) is 11.0 Å². The summed E-state index contributed by atoms with van der Waals surface area (Å²) in [6.07, 6.45) is 11.8. The Labute approximate surface area is 164 Å². The number of nitrogens with one attached hydrogen (secondary N) is 2. The van der Waals surface area contributed by atoms with Crippen molar-refractivity contribution >= 4 is 45.5 Å². The van der Waals surface area contributed by atoms with Gasteiger partial charge in [0.15, 0.2) is 5.11 Å². The number of hydrogen-bond acceptors (Lipinski definition) is 4. The third-order valence-electron chi connectivity index (χ3n) is 5.40. The van der Waals surface area contributed by atoms with Crippen molar-refractivity contribution in [2.75, 3.05) is 5.32 Å². The van der Waals surface area contributed by atoms with Crippen LogP contribution in [0.15, 0.2) is 0 Å². The Bertz CT molecular complexity index is 693. The van der Waals surface area contributed by atoms with Crippen molar-refractivity contribution < 1.29 is 9.59 Å². The molecule has 0 spiro atoms. The van der Waals surface area contributed by atoms with Crippen LogP contribution < -0.4 is 16.4 Å². The molecule has 5 nitrogen and oxygen atoms in total. The van der Waals surface area contributed by atoms with Crippen molar-refractivity contribution in [3.8, 4) is 0 Å². The zero-order valence-corrected chi connectivity index (χ0v) is 16.7. The molecule has 4 N–H and O–H groups in total. The van der Waals surface area contributed by atoms with Gasteiger partial charge in [0.1, 0.15) is 5.00 Å². The summed E-state index contributed by atoms with van der Waals surface area (Å²) in [4.78, 5) is 25.3. The van der Waals surface area contributed by atoms with E-state index < -0.39 is 5.91 Å². The number of carbonyl (C=O) groups excluding carboxylic acids is 2. The minimum Gasteiger partial charge on any atom is -0.365 e. The van der Waals surface area contributed by atoms with Gasteiger partial charge in [-0.3, -0.25) is 9.59 Å². The molecule has 142 valence electrons. The zero-order chi connectivity index (χ0) is 18.5. The van der Waals surface area contributed by atoms with Crippen molar-refractivity contribution in [2.24, 2.45) is 11.7 Å². The summed E-state index contributed by atoms with van der Waals surface area (Å²) in [5, 5.41) is 6.70. The second-order valence-electron chi connectivity index (χ2n) is 7.32. The van der Waals surface area contributed by atoms with Crippen LogP contribution in [0.4, 0.5) is 5.00 Å². The lowest BCUT2D eigenvalue weighted by atomic mass is 9.86. The molecule has 0 unspecified atom stereocenters. The monoisotopic (exact) mass is 393 g/mol. The molecule has 0 atom stereocenters. The van der Waals surface area contributed by atoms with Gasteiger partial charge < -0.3 is 16.4 Å². The molecule has 0 bridgehead atoms. The maximum atomic E-state index is 12.2. The Kier molecular flexibility index (Phi) is 6.64. The van der Waals surface area contributed by atoms with Crippen LogP contribution in [0.25, 0.3) is 0 Å². The Hall–Kier alpha value is -1.47. The first kappa shape index (κ1) is 19.3. The molecule has 0 saturated heterocycles. The highest BCUT2D eigenvalue weighted by Crippen LogP contribution is 2.37. The fourth-order valence-corrected chi connectivity index (χ4v) is 5.63. The molecule has 1 aromatic rings. The van der Waals surface area contributed by atoms with Crippen molar-refractivity contribution in [2.45, 2.75) is 70.6 Å². The smallest absolute Gasteiger partial charge is 0.251 e. The summed E-state index contributed by atoms with van der Waals surface area (Å²) < 4.78 is 0. The second kappa shape index (κ2) is 8.95. The highest BCUT2D eigenvalue weighted by Gasteiger charge is 2.24. The summed E-state index contributed by atoms with van der Waals surface area (Å²) in [7, 11) is 0. The largest absolute Gasteiger partial charge is 0.365 e. The molecule has 2 amide bonds. The van der Waals surface area contributed by atoms with Crippen LogP contribution in [-0.2, 0) is 17.6 Å². The third-order valence-corrected chi connectivity index (χ3v) is 6.81. The first-order chi connectivity index (χ1) is 12.5. The number of primary amides is 1. The standard InChI is InChI=1S/C19H27N3O2S2/c20-17(24)16-13-8-4-5-9-14(13)26-18(16)22-19(25)21-15(23)11-10-12-6-2-1-3-7-12/h12H,1-11H2,(H2,20,24)(H2,21,22,23,25). The lowest BCUT2D eigenvalue weighted by Crippen LogP contribution is -2.34. The van der Waals surface area contributed by atoms with Crippen molar-refractivity contribution in [3.05, 3.63) is 16.0 Å². The van der Waals surface area contributed by atoms with E-state index in [1.165, 1.54) is 48.3 Å². The molecule has 0 radical (unpaired) electrons. The second-order valence-corrected chi connectivity index (χ2v) is 8.84. The molecule has 1 fully saturated rings. The summed E-state index contributed by atoms with van der Waals surface area (Å²) in [6, 6.07) is 0. The summed E-state index contributed by atoms with van der Waals surface area (Å²) >= 11 is 6.81. The summed E-state index contributed by atoms with van der Waals surface area (Å²) in [5.74, 6) is 0.176. The third kappa shape index (κ3) is 4.82. The van der Waals surface area contributed by atoms with Gasteiger partial charge in [-0.25, -0.2) is 0 Å². The molecular weight excluding hydrogens is 366 g/mol. The Morgan fingerprint density at radius 1 is 1.12 bits per heavy atom. The quantitative estimate of drug-likeness (QED) is 0.663. The van der Waals surface area contributed by atoms with Crippen molar-refractivity contribution in [1.29, 1.82) is 0 Å². The van der Waals surface area contributed by atoms with Gasteiger partial charge in [0, 0.05) is 11.3 Å². The number of thiophene rings is 1. The predicted octanol–water partition coefficient (Wildman–Crippen LogP) is 3.90. The molecule has 1 saturated carbocycles. The van der Waals surface area contributed by atoms with Crippen LogP contribution in [0.5, 0.6) is 0 Å². The van der Waals surface area contributed by atoms with Gasteiger partial charge in [0.2, 0.25) is 5.91 Å². The Balaban J connectivity index is 1.55. The number of aryl methyl sites for hydroxylation is 1. The summed E-state index contributed by atoms with van der Waals surface area (Å²) in [5.41, 5.74) is 7.19. The lowest BCUT2D eigenvalue weighted by Gasteiger charge is -2.21. The first-order valence-corrected chi connectivity index (χ1v) is 10.8. The van der Waals surface area contributed by atoms with Gasteiger partial charge in [-0.2, -0.15) is 0 Å². The molecular formula is C19H27N3O2S2. The van der Waals surface area contributed by atoms with E-state index in [0.29, 0.717) is 22.9 Å². The molecule has 26 heavy (non-hydrogen) atoms. The highest BCUT2D eigenvalue weighted by molar-refractivity contribution is 7.80. The molecule has 7 heteroatoms. The van der Waals surface area contributed by atoms with Crippen LogP contribution in [0.1, 0.15) is 78.6 Å². The topological polar surface area (TPSA) is 84.2 Å². The van der Waals surface area contributed by atoms with E-state index in [9.17, 15) is 9.59 Å². The van der Waals surface area contributed by atoms with Crippen LogP contribution in [-0.4, -0.2) is 16.9 Å². The molecule has 2 aliphatic carbocycles. The van der Waals surface area contributed by atoms with Gasteiger partial charge in [0.25, 0.3) is 5.91 Å². The highest BCUT2D eigenvalue weighted by atomic mass is 32.1. The number of carbonyl (C=O) groups is 2. The van der Waals surface area contributed by atoms with Crippen LogP contribution in [0.3, 0.4) is 0 Å². The van der Waals surface area contributed by atoms with Crippen LogP contribution in [0, 0.1) is 5.92 Å². The van der Waals surface area contributed by atoms with Crippen LogP contribution >= 0.6 is 23.6 Å². The Morgan fingerprint density at radius 2 is 1.85 bits per heavy atom. The van der Waals surface area contributed by atoms with Crippen molar-refractivity contribution in [3.63, 3.8) is 0 Å². The Morgan fingerprint density at radius 3 is 2.58 bits per heavy atom. The molecule has 0 aliphatic heterocycles. The number of fused-ring (bicyclic) bond motifs is 1. The van der Waals surface area contributed by atoms with Gasteiger partial charge in [-0.1, -0.05) is 32.1 Å². The average Bonchev–Trinajstić information content (AvgIpc) is 2.98. The molecule has 0 aromatic carbocycles. The number of hydrogen-bond donors (Lipinski definition) is 3. The molecule has 2 aliphatic rings. The van der Waals surface area contributed by atoms with Crippen LogP contribution in [0.2, 0.25) is 0 Å². The number of anilines is 1. The van der Waals surface area contributed by atoms with Crippen molar-refractivity contribution in [1.82, 2.24) is 5.32 Å². The number of thiocarbonyl (C=S) groups is 1. The van der Waals surface area contributed by atoms with E-state index in [0.717, 1.165) is 37.7 Å². The molecule has 1 heterocycles. The summed E-state index contributed by atoms with van der Waals surface area (Å²) in [6.45, 7) is 0. The first-order valence-electron chi connectivity index (χ1n) is 9.59. The van der Waals surface area contributed by atoms with E-state index in [2.05, 4.69) is 10.6 Å². The fraction of sp³-hybridized carbons (Fsp3) is 0.632. The van der Waals surface area contributed by atoms with Gasteiger partial charge in [0.05, 0.1) is 5.56 Å². The molecule has 3 rings (SSSR count). The SMILES string of the molecule is NC(=O)c1c(NC(=S)NC(=O)CCC2CCCCC2)sc2c1CCCC2. The minimum atomic E-state index is -0.432. The van der Waals surface area contributed by atoms with E-state index in [1.807, 2.05) is 0 Å². The normalized spacial score (nSPS) is 17.4. The molecule has 1 aromatic heterocycles. The number of nitrogens with two attached hydrogens (primary N) is 1. The average molecular weight is 394 g/mol. The van der Waals surface area contributed by atoms with Gasteiger partial charge in [-0.15, -0.1) is 11.3 Å². The zero-order valence-electron chi connectivity index (χ0n) is 15.1. The van der Waals surface area contributed by atoms with E-state index in [1.54, 1.807) is 0 Å². The fourth-order valence-electron chi connectivity index (χ4n) is 4.05. The minimum absolute atomic E-state index is 0.0602. The number of rotatable bonds is 5. The van der Waals surface area contributed by atoms with E-state index >= 15 is 0 Å². The lowest BCUT2D eigenvalue weighted by molar-refractivity contribution is -0.120. The predicted molar refractivity (Wildman–Crippen MR) is 110 cm³/mol.